The monoisotopic (exact) mass is 327 g/mol. The second-order valence-electron chi connectivity index (χ2n) is 6.01. The van der Waals surface area contributed by atoms with Crippen molar-refractivity contribution in [1.82, 2.24) is 23.4 Å². The van der Waals surface area contributed by atoms with Gasteiger partial charge in [0.25, 0.3) is 5.91 Å². The molecule has 1 unspecified atom stereocenters. The average molecular weight is 327 g/mol. The fourth-order valence-electron chi connectivity index (χ4n) is 3.18. The summed E-state index contributed by atoms with van der Waals surface area (Å²) >= 11 is 1.17. The summed E-state index contributed by atoms with van der Waals surface area (Å²) in [5.74, 6) is 0.444. The molecule has 6 nitrogen and oxygen atoms in total. The van der Waals surface area contributed by atoms with Crippen LogP contribution in [-0.4, -0.2) is 42.4 Å². The number of amides is 1. The van der Waals surface area contributed by atoms with Gasteiger partial charge in [-0.15, -0.1) is 0 Å². The topological polar surface area (TPSA) is 63.9 Å². The van der Waals surface area contributed by atoms with Crippen molar-refractivity contribution in [2.24, 2.45) is 7.05 Å². The maximum Gasteiger partial charge on any atom is 0.253 e. The van der Waals surface area contributed by atoms with Gasteiger partial charge in [0.2, 0.25) is 0 Å². The first-order chi connectivity index (χ1) is 11.2. The molecule has 0 radical (unpaired) electrons. The van der Waals surface area contributed by atoms with Crippen molar-refractivity contribution in [3.63, 3.8) is 0 Å². The third kappa shape index (κ3) is 2.72. The summed E-state index contributed by atoms with van der Waals surface area (Å²) < 4.78 is 10.2. The number of aryl methyl sites for hydroxylation is 1. The molecule has 1 amide bonds. The van der Waals surface area contributed by atoms with Crippen molar-refractivity contribution in [3.8, 4) is 0 Å². The van der Waals surface area contributed by atoms with Crippen LogP contribution in [0.5, 0.6) is 0 Å². The number of hydrogen-bond acceptors (Lipinski definition) is 5. The van der Waals surface area contributed by atoms with Gasteiger partial charge < -0.3 is 4.90 Å². The molecule has 118 valence electrons. The van der Waals surface area contributed by atoms with Crippen LogP contribution in [0, 0.1) is 0 Å². The van der Waals surface area contributed by atoms with Crippen LogP contribution in [0.1, 0.15) is 34.7 Å². The van der Waals surface area contributed by atoms with E-state index in [1.165, 1.54) is 17.3 Å². The largest absolute Gasteiger partial charge is 0.338 e. The van der Waals surface area contributed by atoms with E-state index in [9.17, 15) is 4.79 Å². The third-order valence-corrected chi connectivity index (χ3v) is 4.96. The van der Waals surface area contributed by atoms with Gasteiger partial charge in [0, 0.05) is 37.8 Å². The highest BCUT2D eigenvalue weighted by Gasteiger charge is 2.26. The minimum atomic E-state index is 0.0773. The lowest BCUT2D eigenvalue weighted by Gasteiger charge is -2.32. The summed E-state index contributed by atoms with van der Waals surface area (Å²) in [6, 6.07) is 5.56. The Labute approximate surface area is 138 Å². The number of carbonyl (C=O) groups excluding carboxylic acids is 1. The van der Waals surface area contributed by atoms with E-state index in [1.807, 2.05) is 47.2 Å². The second kappa shape index (κ2) is 5.73. The zero-order chi connectivity index (χ0) is 15.8. The number of piperidine rings is 1. The molecule has 0 N–H and O–H groups in total. The van der Waals surface area contributed by atoms with Gasteiger partial charge in [0.1, 0.15) is 11.0 Å². The van der Waals surface area contributed by atoms with Crippen LogP contribution in [-0.2, 0) is 7.05 Å². The second-order valence-corrected chi connectivity index (χ2v) is 6.53. The van der Waals surface area contributed by atoms with E-state index in [2.05, 4.69) is 13.8 Å². The summed E-state index contributed by atoms with van der Waals surface area (Å²) in [5.41, 5.74) is 3.54. The minimum Gasteiger partial charge on any atom is -0.338 e. The van der Waals surface area contributed by atoms with Gasteiger partial charge in [-0.3, -0.25) is 9.48 Å². The SMILES string of the molecule is Cn1cc(C2CCCN(C(=O)c3ccc4nsnc4c3)C2)cn1. The molecule has 0 saturated carbocycles. The van der Waals surface area contributed by atoms with Crippen molar-refractivity contribution in [1.29, 1.82) is 0 Å². The molecule has 1 aliphatic heterocycles. The summed E-state index contributed by atoms with van der Waals surface area (Å²) in [4.78, 5) is 14.8. The van der Waals surface area contributed by atoms with E-state index in [0.29, 0.717) is 11.5 Å². The van der Waals surface area contributed by atoms with E-state index < -0.39 is 0 Å². The Balaban J connectivity index is 1.55. The van der Waals surface area contributed by atoms with Crippen LogP contribution >= 0.6 is 11.7 Å². The Hall–Kier alpha value is -2.28. The van der Waals surface area contributed by atoms with E-state index in [0.717, 1.165) is 37.0 Å². The van der Waals surface area contributed by atoms with Gasteiger partial charge in [-0.25, -0.2) is 0 Å². The number of hydrogen-bond donors (Lipinski definition) is 0. The Bertz CT molecular complexity index is 855. The number of rotatable bonds is 2. The molecule has 0 aliphatic carbocycles. The van der Waals surface area contributed by atoms with Crippen molar-refractivity contribution in [2.45, 2.75) is 18.8 Å². The number of aromatic nitrogens is 4. The molecule has 1 aliphatic rings. The molecule has 23 heavy (non-hydrogen) atoms. The molecule has 1 aromatic carbocycles. The van der Waals surface area contributed by atoms with Crippen molar-refractivity contribution in [2.75, 3.05) is 13.1 Å². The maximum absolute atomic E-state index is 12.8. The Morgan fingerprint density at radius 2 is 2.17 bits per heavy atom. The van der Waals surface area contributed by atoms with Crippen LogP contribution in [0.15, 0.2) is 30.6 Å². The Morgan fingerprint density at radius 1 is 1.30 bits per heavy atom. The number of fused-ring (bicyclic) bond motifs is 1. The van der Waals surface area contributed by atoms with Crippen molar-refractivity contribution < 1.29 is 4.79 Å². The molecule has 1 saturated heterocycles. The average Bonchev–Trinajstić information content (AvgIpc) is 3.22. The molecule has 1 atom stereocenters. The number of likely N-dealkylation sites (tertiary alicyclic amines) is 1. The zero-order valence-electron chi connectivity index (χ0n) is 12.8. The molecular weight excluding hydrogens is 310 g/mol. The summed E-state index contributed by atoms with van der Waals surface area (Å²) in [5, 5.41) is 4.25. The molecule has 3 aromatic rings. The summed E-state index contributed by atoms with van der Waals surface area (Å²) in [6.45, 7) is 1.56. The van der Waals surface area contributed by atoms with Gasteiger partial charge >= 0.3 is 0 Å². The standard InChI is InChI=1S/C16H17N5OS/c1-20-9-13(8-17-20)12-3-2-6-21(10-12)16(22)11-4-5-14-15(7-11)19-23-18-14/h4-5,7-9,12H,2-3,6,10H2,1H3. The highest BCUT2D eigenvalue weighted by Crippen LogP contribution is 2.27. The quantitative estimate of drug-likeness (QED) is 0.725. The van der Waals surface area contributed by atoms with E-state index in [4.69, 9.17) is 0 Å². The first-order valence-electron chi connectivity index (χ1n) is 7.71. The minimum absolute atomic E-state index is 0.0773. The fourth-order valence-corrected chi connectivity index (χ4v) is 3.70. The smallest absolute Gasteiger partial charge is 0.253 e. The molecule has 4 rings (SSSR count). The van der Waals surface area contributed by atoms with E-state index >= 15 is 0 Å². The van der Waals surface area contributed by atoms with Gasteiger partial charge in [-0.1, -0.05) is 0 Å². The fraction of sp³-hybridized carbons (Fsp3) is 0.375. The zero-order valence-corrected chi connectivity index (χ0v) is 13.7. The van der Waals surface area contributed by atoms with Gasteiger partial charge in [0.15, 0.2) is 0 Å². The molecule has 2 aromatic heterocycles. The summed E-state index contributed by atoms with van der Waals surface area (Å²) in [7, 11) is 1.92. The third-order valence-electron chi connectivity index (χ3n) is 4.41. The first kappa shape index (κ1) is 14.3. The van der Waals surface area contributed by atoms with Crippen LogP contribution in [0.4, 0.5) is 0 Å². The molecule has 3 heterocycles. The van der Waals surface area contributed by atoms with Crippen molar-refractivity contribution >= 4 is 28.7 Å². The lowest BCUT2D eigenvalue weighted by molar-refractivity contribution is 0.0707. The first-order valence-corrected chi connectivity index (χ1v) is 8.44. The number of benzene rings is 1. The lowest BCUT2D eigenvalue weighted by atomic mass is 9.92. The molecule has 7 heteroatoms. The van der Waals surface area contributed by atoms with Crippen LogP contribution in [0.3, 0.4) is 0 Å². The molecule has 1 fully saturated rings. The number of nitrogens with zero attached hydrogens (tertiary/aromatic N) is 5. The van der Waals surface area contributed by atoms with Gasteiger partial charge in [0.05, 0.1) is 17.9 Å². The molecular formula is C16H17N5OS. The lowest BCUT2D eigenvalue weighted by Crippen LogP contribution is -2.39. The van der Waals surface area contributed by atoms with E-state index in [-0.39, 0.29) is 5.91 Å². The molecule has 0 bridgehead atoms. The highest BCUT2D eigenvalue weighted by molar-refractivity contribution is 7.00. The number of carbonyl (C=O) groups is 1. The predicted octanol–water partition coefficient (Wildman–Crippen LogP) is 2.44. The van der Waals surface area contributed by atoms with Gasteiger partial charge in [-0.2, -0.15) is 13.8 Å². The molecule has 0 spiro atoms. The predicted molar refractivity (Wildman–Crippen MR) is 88.5 cm³/mol. The Morgan fingerprint density at radius 3 is 3.00 bits per heavy atom. The van der Waals surface area contributed by atoms with Crippen molar-refractivity contribution in [3.05, 3.63) is 41.7 Å². The highest BCUT2D eigenvalue weighted by atomic mass is 32.1. The van der Waals surface area contributed by atoms with Gasteiger partial charge in [-0.05, 0) is 36.6 Å². The van der Waals surface area contributed by atoms with Crippen LogP contribution < -0.4 is 0 Å². The van der Waals surface area contributed by atoms with Crippen LogP contribution in [0.2, 0.25) is 0 Å². The Kier molecular flexibility index (Phi) is 3.57. The summed E-state index contributed by atoms with van der Waals surface area (Å²) in [6.07, 6.45) is 6.08. The maximum atomic E-state index is 12.8. The normalized spacial score (nSPS) is 18.5. The van der Waals surface area contributed by atoms with E-state index in [1.54, 1.807) is 0 Å². The van der Waals surface area contributed by atoms with Crippen LogP contribution in [0.25, 0.3) is 11.0 Å².